The molecule has 4 N–H and O–H groups in total. The normalized spacial score (nSPS) is 29.5. The number of hydrogen-bond donors (Lipinski definition) is 3. The Morgan fingerprint density at radius 2 is 2.04 bits per heavy atom. The molecule has 1 aromatic rings. The minimum absolute atomic E-state index is 0.0554. The third kappa shape index (κ3) is 4.14. The van der Waals surface area contributed by atoms with Crippen LogP contribution in [0, 0.1) is 5.92 Å². The van der Waals surface area contributed by atoms with Gasteiger partial charge in [-0.2, -0.15) is 0 Å². The number of ether oxygens (including phenoxy) is 1. The Morgan fingerprint density at radius 3 is 2.61 bits per heavy atom. The molecule has 28 heavy (non-hydrogen) atoms. The summed E-state index contributed by atoms with van der Waals surface area (Å²) in [7, 11) is 0.929. The zero-order valence-corrected chi connectivity index (χ0v) is 16.1. The van der Waals surface area contributed by atoms with E-state index in [1.807, 2.05) is 30.3 Å². The van der Waals surface area contributed by atoms with Crippen molar-refractivity contribution in [2.75, 3.05) is 13.1 Å². The molecule has 0 bridgehead atoms. The van der Waals surface area contributed by atoms with Gasteiger partial charge in [0.05, 0.1) is 0 Å². The first-order valence-electron chi connectivity index (χ1n) is 9.50. The second kappa shape index (κ2) is 7.83. The van der Waals surface area contributed by atoms with Crippen molar-refractivity contribution in [3.63, 3.8) is 0 Å². The lowest BCUT2D eigenvalue weighted by Crippen LogP contribution is -2.56. The Bertz CT molecular complexity index is 761. The molecule has 2 unspecified atom stereocenters. The zero-order valence-electron chi connectivity index (χ0n) is 16.1. The number of rotatable bonds is 6. The average molecular weight is 387 g/mol. The number of carboxylic acid groups (broad SMARTS) is 1. The number of carbonyl (C=O) groups is 3. The number of alkyl carbamates (subject to hydrolysis) is 1. The standard InChI is InChI=1S/C19H26BN3O5/c1-11-15(20-11)14-8-23(10-19(14,21)17(25)26)16(24)12(2)22-18(27)28-9-13-6-4-3-5-7-13/h3-7,11-12,14-15,20H,8-10,21H2,1-2H3,(H,22,27)(H,25,26)/t11?,12-,14+,15?,19-/m0/s1. The number of nitrogens with zero attached hydrogens (tertiary/aromatic N) is 1. The first-order valence-corrected chi connectivity index (χ1v) is 9.50. The molecule has 5 atom stereocenters. The van der Waals surface area contributed by atoms with Gasteiger partial charge in [-0.05, 0) is 12.5 Å². The number of carbonyl (C=O) groups excluding carboxylic acids is 2. The summed E-state index contributed by atoms with van der Waals surface area (Å²) in [5.41, 5.74) is 5.58. The van der Waals surface area contributed by atoms with E-state index in [9.17, 15) is 19.5 Å². The van der Waals surface area contributed by atoms with Crippen molar-refractivity contribution in [2.24, 2.45) is 11.7 Å². The van der Waals surface area contributed by atoms with Gasteiger partial charge >= 0.3 is 12.1 Å². The van der Waals surface area contributed by atoms with Gasteiger partial charge in [0.25, 0.3) is 0 Å². The van der Waals surface area contributed by atoms with E-state index in [0.29, 0.717) is 12.4 Å². The Labute approximate surface area is 164 Å². The van der Waals surface area contributed by atoms with Gasteiger partial charge in [-0.25, -0.2) is 4.79 Å². The Kier molecular flexibility index (Phi) is 5.65. The van der Waals surface area contributed by atoms with Crippen LogP contribution in [-0.4, -0.2) is 59.9 Å². The fourth-order valence-electron chi connectivity index (χ4n) is 4.00. The first-order chi connectivity index (χ1) is 13.2. The maximum atomic E-state index is 12.7. The van der Waals surface area contributed by atoms with Gasteiger partial charge in [0.1, 0.15) is 25.5 Å². The number of hydrogen-bond acceptors (Lipinski definition) is 5. The summed E-state index contributed by atoms with van der Waals surface area (Å²) in [6.07, 6.45) is -0.700. The van der Waals surface area contributed by atoms with E-state index in [2.05, 4.69) is 12.2 Å². The van der Waals surface area contributed by atoms with Crippen LogP contribution in [0.1, 0.15) is 19.4 Å². The van der Waals surface area contributed by atoms with Gasteiger partial charge in [0.15, 0.2) is 0 Å². The van der Waals surface area contributed by atoms with Gasteiger partial charge in [-0.15, -0.1) is 0 Å². The predicted molar refractivity (Wildman–Crippen MR) is 104 cm³/mol. The molecule has 9 heteroatoms. The maximum absolute atomic E-state index is 12.7. The second-order valence-electron chi connectivity index (χ2n) is 7.98. The van der Waals surface area contributed by atoms with E-state index in [-0.39, 0.29) is 30.8 Å². The van der Waals surface area contributed by atoms with Crippen molar-refractivity contribution in [1.82, 2.24) is 10.2 Å². The molecular weight excluding hydrogens is 361 g/mol. The zero-order chi connectivity index (χ0) is 20.5. The summed E-state index contributed by atoms with van der Waals surface area (Å²) in [5, 5.41) is 12.1. The lowest BCUT2D eigenvalue weighted by molar-refractivity contribution is -0.144. The third-order valence-electron chi connectivity index (χ3n) is 5.85. The Balaban J connectivity index is 1.55. The molecule has 2 fully saturated rings. The van der Waals surface area contributed by atoms with Crippen LogP contribution in [0.15, 0.2) is 30.3 Å². The quantitative estimate of drug-likeness (QED) is 0.614. The topological polar surface area (TPSA) is 122 Å². The van der Waals surface area contributed by atoms with E-state index < -0.39 is 23.6 Å². The molecule has 2 saturated heterocycles. The molecule has 0 spiro atoms. The molecule has 8 nitrogen and oxygen atoms in total. The number of likely N-dealkylation sites (tertiary alicyclic amines) is 1. The summed E-state index contributed by atoms with van der Waals surface area (Å²) >= 11 is 0. The fraction of sp³-hybridized carbons (Fsp3) is 0.526. The number of nitrogens with one attached hydrogen (secondary N) is 1. The van der Waals surface area contributed by atoms with E-state index in [1.165, 1.54) is 4.90 Å². The molecule has 0 saturated carbocycles. The minimum Gasteiger partial charge on any atom is -0.480 e. The van der Waals surface area contributed by atoms with E-state index in [4.69, 9.17) is 10.5 Å². The van der Waals surface area contributed by atoms with Crippen LogP contribution in [0.4, 0.5) is 4.79 Å². The highest BCUT2D eigenvalue weighted by Crippen LogP contribution is 2.52. The highest BCUT2D eigenvalue weighted by atomic mass is 16.5. The second-order valence-corrected chi connectivity index (χ2v) is 7.98. The molecule has 2 heterocycles. The lowest BCUT2D eigenvalue weighted by Gasteiger charge is -2.26. The molecule has 0 aliphatic carbocycles. The van der Waals surface area contributed by atoms with Crippen molar-refractivity contribution < 1.29 is 24.2 Å². The van der Waals surface area contributed by atoms with Crippen molar-refractivity contribution in [2.45, 2.75) is 43.7 Å². The van der Waals surface area contributed by atoms with Crippen LogP contribution in [0.25, 0.3) is 0 Å². The average Bonchev–Trinajstić information content (AvgIpc) is 3.27. The van der Waals surface area contributed by atoms with Crippen LogP contribution < -0.4 is 11.1 Å². The molecular formula is C19H26BN3O5. The molecule has 0 aromatic heterocycles. The third-order valence-corrected chi connectivity index (χ3v) is 5.85. The van der Waals surface area contributed by atoms with E-state index >= 15 is 0 Å². The summed E-state index contributed by atoms with van der Waals surface area (Å²) in [5.74, 6) is -1.08. The van der Waals surface area contributed by atoms with Crippen LogP contribution in [0.2, 0.25) is 11.6 Å². The summed E-state index contributed by atoms with van der Waals surface area (Å²) < 4.78 is 5.13. The lowest BCUT2D eigenvalue weighted by atomic mass is 9.79. The Morgan fingerprint density at radius 1 is 1.39 bits per heavy atom. The van der Waals surface area contributed by atoms with E-state index in [1.54, 1.807) is 6.92 Å². The van der Waals surface area contributed by atoms with Gasteiger partial charge in [0.2, 0.25) is 5.91 Å². The monoisotopic (exact) mass is 387 g/mol. The largest absolute Gasteiger partial charge is 0.480 e. The number of nitrogens with two attached hydrogens (primary N) is 1. The highest BCUT2D eigenvalue weighted by molar-refractivity contribution is 6.53. The molecule has 1 aromatic carbocycles. The SMILES string of the molecule is CC1BC1[C@H]1CN(C(=O)[C@H](C)NC(=O)OCc2ccccc2)C[C@@]1(N)C(=O)O. The molecule has 150 valence electrons. The Hall–Kier alpha value is -2.55. The molecule has 2 amide bonds. The maximum Gasteiger partial charge on any atom is 0.408 e. The fourth-order valence-corrected chi connectivity index (χ4v) is 4.00. The summed E-state index contributed by atoms with van der Waals surface area (Å²) in [6, 6.07) is 8.38. The number of aliphatic carboxylic acids is 1. The van der Waals surface area contributed by atoms with Crippen LogP contribution in [0.5, 0.6) is 0 Å². The summed E-state index contributed by atoms with van der Waals surface area (Å²) in [6.45, 7) is 3.95. The first kappa shape index (κ1) is 20.2. The van der Waals surface area contributed by atoms with Gasteiger partial charge < -0.3 is 25.8 Å². The van der Waals surface area contributed by atoms with Crippen LogP contribution in [0.3, 0.4) is 0 Å². The van der Waals surface area contributed by atoms with E-state index in [0.717, 1.165) is 12.8 Å². The smallest absolute Gasteiger partial charge is 0.408 e. The number of carboxylic acids is 1. The molecule has 3 rings (SSSR count). The van der Waals surface area contributed by atoms with Crippen molar-refractivity contribution in [1.29, 1.82) is 0 Å². The predicted octanol–water partition coefficient (Wildman–Crippen LogP) is 0.589. The van der Waals surface area contributed by atoms with Gasteiger partial charge in [-0.1, -0.05) is 48.9 Å². The highest BCUT2D eigenvalue weighted by Gasteiger charge is 2.58. The summed E-state index contributed by atoms with van der Waals surface area (Å²) in [4.78, 5) is 37.9. The number of amides is 2. The van der Waals surface area contributed by atoms with Crippen molar-refractivity contribution in [3.8, 4) is 0 Å². The van der Waals surface area contributed by atoms with Crippen molar-refractivity contribution in [3.05, 3.63) is 35.9 Å². The van der Waals surface area contributed by atoms with Gasteiger partial charge in [0, 0.05) is 19.0 Å². The minimum atomic E-state index is -1.45. The molecule has 2 aliphatic heterocycles. The van der Waals surface area contributed by atoms with Crippen LogP contribution >= 0.6 is 0 Å². The molecule has 0 radical (unpaired) electrons. The van der Waals surface area contributed by atoms with Crippen molar-refractivity contribution >= 4 is 25.2 Å². The van der Waals surface area contributed by atoms with Gasteiger partial charge in [-0.3, -0.25) is 9.59 Å². The number of benzene rings is 1. The van der Waals surface area contributed by atoms with Crippen LogP contribution in [-0.2, 0) is 20.9 Å². The molecule has 2 aliphatic rings.